The van der Waals surface area contributed by atoms with E-state index in [9.17, 15) is 15.3 Å². The van der Waals surface area contributed by atoms with Gasteiger partial charge in [0.25, 0.3) is 0 Å². The van der Waals surface area contributed by atoms with E-state index >= 15 is 0 Å². The Morgan fingerprint density at radius 3 is 1.46 bits per heavy atom. The van der Waals surface area contributed by atoms with Crippen molar-refractivity contribution in [2.24, 2.45) is 0 Å². The number of thiazole rings is 3. The summed E-state index contributed by atoms with van der Waals surface area (Å²) in [7, 11) is 1.53. The van der Waals surface area contributed by atoms with Gasteiger partial charge in [-0.1, -0.05) is 53.9 Å². The van der Waals surface area contributed by atoms with Crippen LogP contribution in [0.3, 0.4) is 0 Å². The minimum Gasteiger partial charge on any atom is -0.494 e. The number of rotatable bonds is 28. The predicted octanol–water partition coefficient (Wildman–Crippen LogP) is 10.5. The first-order valence-electron chi connectivity index (χ1n) is 30.4. The van der Waals surface area contributed by atoms with Crippen LogP contribution in [-0.4, -0.2) is 97.7 Å². The lowest BCUT2D eigenvalue weighted by atomic mass is 10.1. The molecular weight excluding hydrogens is 1210 g/mol. The minimum absolute atomic E-state index is 0.0662. The van der Waals surface area contributed by atoms with E-state index in [2.05, 4.69) is 92.7 Å². The van der Waals surface area contributed by atoms with E-state index in [1.165, 1.54) is 39.8 Å². The van der Waals surface area contributed by atoms with Crippen molar-refractivity contribution in [3.63, 3.8) is 0 Å². The lowest BCUT2D eigenvalue weighted by Crippen LogP contribution is -2.30. The monoisotopic (exact) mass is 1300 g/mol. The van der Waals surface area contributed by atoms with Crippen LogP contribution in [0.25, 0.3) is 31.7 Å². The zero-order valence-corrected chi connectivity index (χ0v) is 55.8. The van der Waals surface area contributed by atoms with Crippen LogP contribution in [0, 0.1) is 6.92 Å². The average molecular weight is 1300 g/mol. The number of nitrogens with two attached hydrogens (primary N) is 6. The summed E-state index contributed by atoms with van der Waals surface area (Å²) in [5.74, 6) is 3.45. The van der Waals surface area contributed by atoms with Gasteiger partial charge in [0, 0.05) is 74.6 Å². The van der Waals surface area contributed by atoms with Crippen molar-refractivity contribution < 1.29 is 34.3 Å². The molecule has 0 aliphatic heterocycles. The number of anilines is 6. The Kier molecular flexibility index (Phi) is 25.5. The highest BCUT2D eigenvalue weighted by atomic mass is 32.1. The Bertz CT molecular complexity index is 3750. The molecular formula is C65H86N16O7S3. The molecule has 9 rings (SSSR count). The number of pyridine rings is 1. The van der Waals surface area contributed by atoms with Gasteiger partial charge in [0.1, 0.15) is 85.5 Å². The molecule has 9 aromatic rings. The van der Waals surface area contributed by atoms with Crippen LogP contribution < -0.4 is 53.3 Å². The summed E-state index contributed by atoms with van der Waals surface area (Å²) in [4.78, 5) is 47.3. The highest BCUT2D eigenvalue weighted by Gasteiger charge is 2.35. The predicted molar refractivity (Wildman–Crippen MR) is 364 cm³/mol. The quantitative estimate of drug-likeness (QED) is 0.0206. The second-order valence-electron chi connectivity index (χ2n) is 22.3. The van der Waals surface area contributed by atoms with Gasteiger partial charge in [0.2, 0.25) is 11.7 Å². The fourth-order valence-electron chi connectivity index (χ4n) is 9.30. The number of aliphatic hydroxyl groups is 3. The smallest absolute Gasteiger partial charge is 0.215 e. The Morgan fingerprint density at radius 1 is 0.462 bits per heavy atom. The zero-order chi connectivity index (χ0) is 65.8. The third-order valence-corrected chi connectivity index (χ3v) is 16.9. The molecule has 0 radical (unpaired) electrons. The van der Waals surface area contributed by atoms with Crippen molar-refractivity contribution in [3.05, 3.63) is 128 Å². The highest BCUT2D eigenvalue weighted by molar-refractivity contribution is 7.15. The maximum atomic E-state index is 11.0. The number of hydrogen-bond donors (Lipinski definition) is 9. The molecule has 7 aromatic heterocycles. The standard InChI is InChI=1S/C23H31N5O5S.C22H29N5OS.C20H26N6OS/c1-5-6-16-20(23(30,31)11-19-26-17(24)10-18(25)27-19)28-21(34-16)13-7-8-14(32-4)15(9-13)33-12-22(2,3)29;1-4-6-18-17(7-8-21-26-19(23)13-20(24)27-21)25-22(29-18)15-10-14(3)11-16(12-15)28-9-5-2;1-3-5-15-14(6-7-18-25-16(21)12-17(22)26-18)24-20(28-15)13-8-9-23-19(11-13)27-10-4-2/h7-10,29-31H,5-6,11-12H2,1-4H3,(H4,24,25,26,27);10-13H,4-9H2,1-3H3,(H4,23,24,26,27);8-9,11-12H,3-7,10H2,1-2H3,(H4,21,22,25,26). The number of nitrogen functional groups attached to an aromatic ring is 6. The second kappa shape index (κ2) is 33.1. The largest absolute Gasteiger partial charge is 0.494 e. The molecule has 0 aliphatic carbocycles. The van der Waals surface area contributed by atoms with Gasteiger partial charge in [-0.05, 0) is 114 Å². The van der Waals surface area contributed by atoms with Crippen molar-refractivity contribution in [2.45, 2.75) is 150 Å². The topological polar surface area (TPSA) is 383 Å². The van der Waals surface area contributed by atoms with Crippen LogP contribution in [0.2, 0.25) is 0 Å². The first-order chi connectivity index (χ1) is 43.5. The lowest BCUT2D eigenvalue weighted by Gasteiger charge is -2.20. The van der Waals surface area contributed by atoms with E-state index in [0.717, 1.165) is 108 Å². The van der Waals surface area contributed by atoms with Crippen LogP contribution >= 0.6 is 34.0 Å². The van der Waals surface area contributed by atoms with Gasteiger partial charge < -0.3 is 68.7 Å². The molecule has 0 atom stereocenters. The van der Waals surface area contributed by atoms with Crippen molar-refractivity contribution in [3.8, 4) is 54.8 Å². The molecule has 2 aromatic carbocycles. The fourth-order valence-corrected chi connectivity index (χ4v) is 12.9. The lowest BCUT2D eigenvalue weighted by molar-refractivity contribution is -0.172. The molecule has 486 valence electrons. The number of benzene rings is 2. The molecule has 7 heterocycles. The minimum atomic E-state index is -2.33. The zero-order valence-electron chi connectivity index (χ0n) is 53.4. The summed E-state index contributed by atoms with van der Waals surface area (Å²) < 4.78 is 22.6. The molecule has 0 fully saturated rings. The number of methoxy groups -OCH3 is 1. The fraction of sp³-hybridized carbons (Fsp3) is 0.415. The first-order valence-corrected chi connectivity index (χ1v) is 32.9. The number of nitrogens with zero attached hydrogens (tertiary/aromatic N) is 10. The van der Waals surface area contributed by atoms with Crippen LogP contribution in [0.15, 0.2) is 72.9 Å². The van der Waals surface area contributed by atoms with Crippen molar-refractivity contribution in [1.82, 2.24) is 49.8 Å². The van der Waals surface area contributed by atoms with Crippen LogP contribution in [0.1, 0.15) is 135 Å². The van der Waals surface area contributed by atoms with E-state index in [-0.39, 0.29) is 36.2 Å². The third kappa shape index (κ3) is 21.1. The van der Waals surface area contributed by atoms with Gasteiger partial charge in [-0.25, -0.2) is 49.8 Å². The molecule has 0 saturated heterocycles. The summed E-state index contributed by atoms with van der Waals surface area (Å²) in [5, 5.41) is 34.5. The molecule has 0 bridgehead atoms. The molecule has 0 unspecified atom stereocenters. The summed E-state index contributed by atoms with van der Waals surface area (Å²) >= 11 is 4.85. The molecule has 26 heteroatoms. The normalized spacial score (nSPS) is 11.4. The third-order valence-electron chi connectivity index (χ3n) is 13.3. The van der Waals surface area contributed by atoms with Crippen LogP contribution in [-0.2, 0) is 57.2 Å². The first kappa shape index (κ1) is 70.1. The van der Waals surface area contributed by atoms with Crippen LogP contribution in [0.5, 0.6) is 23.1 Å². The van der Waals surface area contributed by atoms with Gasteiger partial charge in [-0.2, -0.15) is 0 Å². The van der Waals surface area contributed by atoms with Gasteiger partial charge in [-0.15, -0.1) is 34.0 Å². The van der Waals surface area contributed by atoms with Gasteiger partial charge in [-0.3, -0.25) is 0 Å². The van der Waals surface area contributed by atoms with E-state index < -0.39 is 11.4 Å². The Hall–Kier alpha value is -8.40. The van der Waals surface area contributed by atoms with Gasteiger partial charge in [0.05, 0.1) is 43.7 Å². The molecule has 91 heavy (non-hydrogen) atoms. The number of ether oxygens (including phenoxy) is 4. The Balaban J connectivity index is 0.000000195. The number of aromatic nitrogens is 10. The molecule has 23 nitrogen and oxygen atoms in total. The SMILES string of the molecule is CCCOc1cc(-c2nc(CCc3nc(N)cc(N)n3)c(CCC)s2)ccn1.CCCOc1cc(C)cc(-c2nc(CCc3nc(N)cc(N)n3)c(CCC)s2)c1.CCCc1sc(-c2ccc(OC)c(OCC(C)(C)O)c2)nc1C(O)(O)Cc1nc(N)cc(N)n1. The van der Waals surface area contributed by atoms with Gasteiger partial charge >= 0.3 is 0 Å². The number of hydrogen-bond acceptors (Lipinski definition) is 26. The van der Waals surface area contributed by atoms with E-state index in [0.29, 0.717) is 88.7 Å². The average Bonchev–Trinajstić information content (AvgIpc) is 1.75. The molecule has 15 N–H and O–H groups in total. The Labute approximate surface area is 544 Å². The maximum Gasteiger partial charge on any atom is 0.215 e. The Morgan fingerprint density at radius 2 is 0.945 bits per heavy atom. The number of aryl methyl sites for hydroxylation is 8. The summed E-state index contributed by atoms with van der Waals surface area (Å²) in [6.07, 6.45) is 11.7. The molecule has 0 spiro atoms. The molecule has 0 saturated carbocycles. The molecule has 0 amide bonds. The van der Waals surface area contributed by atoms with Crippen molar-refractivity contribution in [1.29, 1.82) is 0 Å². The maximum absolute atomic E-state index is 11.0. The highest BCUT2D eigenvalue weighted by Crippen LogP contribution is 2.40. The van der Waals surface area contributed by atoms with E-state index in [1.54, 1.807) is 67.0 Å². The van der Waals surface area contributed by atoms with E-state index in [4.69, 9.17) is 63.3 Å². The van der Waals surface area contributed by atoms with Gasteiger partial charge in [0.15, 0.2) is 11.5 Å². The second-order valence-corrected chi connectivity index (χ2v) is 25.5. The summed E-state index contributed by atoms with van der Waals surface area (Å²) in [5.41, 5.74) is 39.9. The van der Waals surface area contributed by atoms with Crippen LogP contribution in [0.4, 0.5) is 34.9 Å². The van der Waals surface area contributed by atoms with Crippen molar-refractivity contribution >= 4 is 68.9 Å². The summed E-state index contributed by atoms with van der Waals surface area (Å²) in [6, 6.07) is 20.1. The van der Waals surface area contributed by atoms with E-state index in [1.807, 2.05) is 25.1 Å². The summed E-state index contributed by atoms with van der Waals surface area (Å²) in [6.45, 7) is 17.4. The van der Waals surface area contributed by atoms with Crippen molar-refractivity contribution in [2.75, 3.05) is 61.3 Å². The molecule has 0 aliphatic rings.